The molecule has 0 aromatic heterocycles. The average molecular weight is 281 g/mol. The van der Waals surface area contributed by atoms with Gasteiger partial charge in [0.05, 0.1) is 12.1 Å². The molecule has 2 aliphatic rings. The van der Waals surface area contributed by atoms with E-state index in [4.69, 9.17) is 22.1 Å². The molecule has 0 amide bonds. The normalized spacial score (nSPS) is 25.6. The largest absolute Gasteiger partial charge is 0.495 e. The van der Waals surface area contributed by atoms with Gasteiger partial charge in [0.15, 0.2) is 0 Å². The molecule has 1 atom stereocenters. The van der Waals surface area contributed by atoms with Gasteiger partial charge in [-0.25, -0.2) is 0 Å². The third-order valence-electron chi connectivity index (χ3n) is 4.93. The summed E-state index contributed by atoms with van der Waals surface area (Å²) < 4.78 is 5.32. The van der Waals surface area contributed by atoms with Gasteiger partial charge in [-0.1, -0.05) is 11.6 Å². The van der Waals surface area contributed by atoms with Crippen molar-refractivity contribution in [2.75, 3.05) is 27.2 Å². The number of ether oxygens (including phenoxy) is 1. The smallest absolute Gasteiger partial charge is 0.137 e. The van der Waals surface area contributed by atoms with Gasteiger partial charge >= 0.3 is 0 Å². The highest BCUT2D eigenvalue weighted by Gasteiger charge is 2.45. The van der Waals surface area contributed by atoms with E-state index < -0.39 is 0 Å². The lowest BCUT2D eigenvalue weighted by molar-refractivity contribution is 0.106. The molecule has 1 fully saturated rings. The summed E-state index contributed by atoms with van der Waals surface area (Å²) in [6.07, 6.45) is 3.39. The number of methoxy groups -OCH3 is 1. The second kappa shape index (κ2) is 4.65. The predicted molar refractivity (Wildman–Crippen MR) is 77.8 cm³/mol. The zero-order chi connectivity index (χ0) is 13.6. The van der Waals surface area contributed by atoms with Crippen LogP contribution in [0.2, 0.25) is 5.02 Å². The van der Waals surface area contributed by atoms with Crippen LogP contribution in [0.3, 0.4) is 0 Å². The van der Waals surface area contributed by atoms with Crippen molar-refractivity contribution >= 4 is 11.6 Å². The van der Waals surface area contributed by atoms with Crippen LogP contribution in [0.25, 0.3) is 0 Å². The molecule has 3 nitrogen and oxygen atoms in total. The Bertz CT molecular complexity index is 495. The molecule has 2 N–H and O–H groups in total. The standard InChI is InChI=1S/C15H21ClN2O/c1-18-5-3-15(4-6-18)9-10-7-13(19-2)12(16)8-11(10)14(15)17/h7-8,14H,3-6,9,17H2,1-2H3/t14-/m0/s1. The van der Waals surface area contributed by atoms with Gasteiger partial charge in [0.1, 0.15) is 5.75 Å². The first kappa shape index (κ1) is 13.2. The lowest BCUT2D eigenvalue weighted by Crippen LogP contribution is -2.42. The number of rotatable bonds is 1. The average Bonchev–Trinajstić information content (AvgIpc) is 2.66. The fraction of sp³-hybridized carbons (Fsp3) is 0.600. The van der Waals surface area contributed by atoms with E-state index in [9.17, 15) is 0 Å². The first-order valence-corrected chi connectivity index (χ1v) is 7.24. The molecular formula is C15H21ClN2O. The number of fused-ring (bicyclic) bond motifs is 1. The minimum absolute atomic E-state index is 0.111. The Hall–Kier alpha value is -0.770. The number of nitrogens with zero attached hydrogens (tertiary/aromatic N) is 1. The van der Waals surface area contributed by atoms with E-state index in [-0.39, 0.29) is 11.5 Å². The molecule has 1 aromatic rings. The van der Waals surface area contributed by atoms with Crippen molar-refractivity contribution in [3.8, 4) is 5.75 Å². The Kier molecular flexibility index (Phi) is 3.24. The van der Waals surface area contributed by atoms with Crippen molar-refractivity contribution in [2.24, 2.45) is 11.1 Å². The molecule has 1 aliphatic heterocycles. The molecule has 3 rings (SSSR count). The van der Waals surface area contributed by atoms with Crippen molar-refractivity contribution in [1.82, 2.24) is 4.90 Å². The molecular weight excluding hydrogens is 260 g/mol. The van der Waals surface area contributed by atoms with Gasteiger partial charge in [-0.05, 0) is 68.1 Å². The number of nitrogens with two attached hydrogens (primary N) is 1. The Morgan fingerprint density at radius 3 is 2.68 bits per heavy atom. The maximum Gasteiger partial charge on any atom is 0.137 e. The van der Waals surface area contributed by atoms with Crippen molar-refractivity contribution in [3.63, 3.8) is 0 Å². The van der Waals surface area contributed by atoms with Crippen LogP contribution in [0.15, 0.2) is 12.1 Å². The summed E-state index contributed by atoms with van der Waals surface area (Å²) in [4.78, 5) is 2.38. The monoisotopic (exact) mass is 280 g/mol. The van der Waals surface area contributed by atoms with Crippen LogP contribution >= 0.6 is 11.6 Å². The highest BCUT2D eigenvalue weighted by Crippen LogP contribution is 2.52. The van der Waals surface area contributed by atoms with Crippen LogP contribution in [0.1, 0.15) is 30.0 Å². The number of likely N-dealkylation sites (tertiary alicyclic amines) is 1. The number of hydrogen-bond acceptors (Lipinski definition) is 3. The highest BCUT2D eigenvalue weighted by atomic mass is 35.5. The SMILES string of the molecule is COc1cc2c(cc1Cl)[C@H](N)C1(CCN(C)CC1)C2. The summed E-state index contributed by atoms with van der Waals surface area (Å²) in [5, 5.41) is 0.668. The van der Waals surface area contributed by atoms with Crippen molar-refractivity contribution in [1.29, 1.82) is 0 Å². The molecule has 0 radical (unpaired) electrons. The maximum absolute atomic E-state index is 6.54. The van der Waals surface area contributed by atoms with E-state index in [1.165, 1.54) is 24.0 Å². The second-order valence-corrected chi connectivity index (χ2v) is 6.41. The Morgan fingerprint density at radius 1 is 1.37 bits per heavy atom. The molecule has 104 valence electrons. The van der Waals surface area contributed by atoms with Gasteiger partial charge in [-0.2, -0.15) is 0 Å². The number of piperidine rings is 1. The van der Waals surface area contributed by atoms with Crippen LogP contribution in [-0.2, 0) is 6.42 Å². The molecule has 0 saturated carbocycles. The fourth-order valence-corrected chi connectivity index (χ4v) is 3.83. The zero-order valence-electron chi connectivity index (χ0n) is 11.6. The van der Waals surface area contributed by atoms with Crippen LogP contribution in [0.5, 0.6) is 5.75 Å². The van der Waals surface area contributed by atoms with Crippen molar-refractivity contribution in [3.05, 3.63) is 28.3 Å². The summed E-state index contributed by atoms with van der Waals surface area (Å²) in [6.45, 7) is 2.26. The molecule has 1 saturated heterocycles. The van der Waals surface area contributed by atoms with Gasteiger partial charge in [0, 0.05) is 6.04 Å². The van der Waals surface area contributed by atoms with Crippen molar-refractivity contribution < 1.29 is 4.74 Å². The van der Waals surface area contributed by atoms with Gasteiger partial charge in [0.25, 0.3) is 0 Å². The molecule has 1 aliphatic carbocycles. The highest BCUT2D eigenvalue weighted by molar-refractivity contribution is 6.32. The summed E-state index contributed by atoms with van der Waals surface area (Å²) >= 11 is 6.24. The van der Waals surface area contributed by atoms with Crippen LogP contribution < -0.4 is 10.5 Å². The number of hydrogen-bond donors (Lipinski definition) is 1. The third kappa shape index (κ3) is 2.04. The molecule has 4 heteroatoms. The summed E-state index contributed by atoms with van der Waals surface area (Å²) in [6, 6.07) is 4.19. The minimum Gasteiger partial charge on any atom is -0.495 e. The number of benzene rings is 1. The van der Waals surface area contributed by atoms with Crippen LogP contribution in [-0.4, -0.2) is 32.1 Å². The van der Waals surface area contributed by atoms with Crippen molar-refractivity contribution in [2.45, 2.75) is 25.3 Å². The van der Waals surface area contributed by atoms with E-state index >= 15 is 0 Å². The van der Waals surface area contributed by atoms with E-state index in [0.717, 1.165) is 25.3 Å². The summed E-state index contributed by atoms with van der Waals surface area (Å²) in [5.74, 6) is 0.762. The summed E-state index contributed by atoms with van der Waals surface area (Å²) in [7, 11) is 3.84. The minimum atomic E-state index is 0.111. The van der Waals surface area contributed by atoms with E-state index in [1.54, 1.807) is 7.11 Å². The molecule has 0 bridgehead atoms. The quantitative estimate of drug-likeness (QED) is 0.859. The molecule has 1 aromatic carbocycles. The van der Waals surface area contributed by atoms with E-state index in [2.05, 4.69) is 18.0 Å². The molecule has 0 unspecified atom stereocenters. The predicted octanol–water partition coefficient (Wildman–Crippen LogP) is 2.62. The lowest BCUT2D eigenvalue weighted by Gasteiger charge is -2.41. The van der Waals surface area contributed by atoms with Gasteiger partial charge in [-0.15, -0.1) is 0 Å². The lowest BCUT2D eigenvalue weighted by atomic mass is 9.73. The third-order valence-corrected chi connectivity index (χ3v) is 5.23. The molecule has 19 heavy (non-hydrogen) atoms. The van der Waals surface area contributed by atoms with Gasteiger partial charge < -0.3 is 15.4 Å². The fourth-order valence-electron chi connectivity index (χ4n) is 3.58. The topological polar surface area (TPSA) is 38.5 Å². The Balaban J connectivity index is 1.95. The molecule has 1 heterocycles. The van der Waals surface area contributed by atoms with E-state index in [1.807, 2.05) is 6.07 Å². The summed E-state index contributed by atoms with van der Waals surface area (Å²) in [5.41, 5.74) is 9.31. The number of halogens is 1. The van der Waals surface area contributed by atoms with Gasteiger partial charge in [0.2, 0.25) is 0 Å². The van der Waals surface area contributed by atoms with E-state index in [0.29, 0.717) is 5.02 Å². The maximum atomic E-state index is 6.54. The Labute approximate surface area is 119 Å². The van der Waals surface area contributed by atoms with Crippen LogP contribution in [0.4, 0.5) is 0 Å². The van der Waals surface area contributed by atoms with Crippen LogP contribution in [0, 0.1) is 5.41 Å². The zero-order valence-corrected chi connectivity index (χ0v) is 12.3. The van der Waals surface area contributed by atoms with Gasteiger partial charge in [-0.3, -0.25) is 0 Å². The first-order chi connectivity index (χ1) is 9.05. The first-order valence-electron chi connectivity index (χ1n) is 6.86. The second-order valence-electron chi connectivity index (χ2n) is 6.01. The Morgan fingerprint density at radius 2 is 2.05 bits per heavy atom. The molecule has 1 spiro atoms.